The lowest BCUT2D eigenvalue weighted by molar-refractivity contribution is 0.347. The van der Waals surface area contributed by atoms with E-state index in [0.717, 1.165) is 28.0 Å². The van der Waals surface area contributed by atoms with Crippen molar-refractivity contribution in [2.75, 3.05) is 21.3 Å². The number of halogens is 1. The SMILES string of the molecule is CNC(Cc1ccccc1Br)c1cccc(OC)c1OC. The average Bonchev–Trinajstić information content (AvgIpc) is 2.53. The van der Waals surface area contributed by atoms with Crippen LogP contribution in [0.15, 0.2) is 46.9 Å². The quantitative estimate of drug-likeness (QED) is 0.855. The van der Waals surface area contributed by atoms with E-state index in [9.17, 15) is 0 Å². The van der Waals surface area contributed by atoms with E-state index in [-0.39, 0.29) is 6.04 Å². The Morgan fingerprint density at radius 3 is 2.43 bits per heavy atom. The third kappa shape index (κ3) is 3.57. The molecule has 0 bridgehead atoms. The Labute approximate surface area is 134 Å². The van der Waals surface area contributed by atoms with Crippen molar-refractivity contribution < 1.29 is 9.47 Å². The van der Waals surface area contributed by atoms with Gasteiger partial charge in [0.15, 0.2) is 11.5 Å². The van der Waals surface area contributed by atoms with Crippen molar-refractivity contribution >= 4 is 15.9 Å². The molecular weight excluding hydrogens is 330 g/mol. The van der Waals surface area contributed by atoms with Gasteiger partial charge in [0.2, 0.25) is 0 Å². The van der Waals surface area contributed by atoms with Crippen molar-refractivity contribution in [2.45, 2.75) is 12.5 Å². The van der Waals surface area contributed by atoms with Gasteiger partial charge in [0.05, 0.1) is 14.2 Å². The minimum Gasteiger partial charge on any atom is -0.493 e. The average molecular weight is 350 g/mol. The number of hydrogen-bond acceptors (Lipinski definition) is 3. The number of methoxy groups -OCH3 is 2. The summed E-state index contributed by atoms with van der Waals surface area (Å²) in [5, 5.41) is 3.36. The first-order valence-corrected chi connectivity index (χ1v) is 7.62. The normalized spacial score (nSPS) is 12.0. The van der Waals surface area contributed by atoms with Gasteiger partial charge in [-0.05, 0) is 31.2 Å². The van der Waals surface area contributed by atoms with Crippen molar-refractivity contribution in [2.24, 2.45) is 0 Å². The molecule has 0 aromatic heterocycles. The highest BCUT2D eigenvalue weighted by atomic mass is 79.9. The third-order valence-electron chi connectivity index (χ3n) is 3.54. The predicted molar refractivity (Wildman–Crippen MR) is 89.2 cm³/mol. The summed E-state index contributed by atoms with van der Waals surface area (Å²) >= 11 is 3.61. The summed E-state index contributed by atoms with van der Waals surface area (Å²) < 4.78 is 12.0. The molecule has 0 saturated carbocycles. The van der Waals surface area contributed by atoms with Crippen LogP contribution in [0.1, 0.15) is 17.2 Å². The van der Waals surface area contributed by atoms with Gasteiger partial charge in [-0.25, -0.2) is 0 Å². The van der Waals surface area contributed by atoms with Crippen LogP contribution >= 0.6 is 15.9 Å². The van der Waals surface area contributed by atoms with Crippen LogP contribution in [-0.4, -0.2) is 21.3 Å². The van der Waals surface area contributed by atoms with Crippen LogP contribution in [0.4, 0.5) is 0 Å². The van der Waals surface area contributed by atoms with Crippen molar-refractivity contribution in [3.63, 3.8) is 0 Å². The molecule has 3 nitrogen and oxygen atoms in total. The van der Waals surface area contributed by atoms with Crippen LogP contribution in [-0.2, 0) is 6.42 Å². The van der Waals surface area contributed by atoms with E-state index < -0.39 is 0 Å². The molecule has 0 amide bonds. The van der Waals surface area contributed by atoms with Gasteiger partial charge >= 0.3 is 0 Å². The van der Waals surface area contributed by atoms with Crippen LogP contribution in [0.25, 0.3) is 0 Å². The van der Waals surface area contributed by atoms with Crippen LogP contribution in [0.5, 0.6) is 11.5 Å². The number of rotatable bonds is 6. The van der Waals surface area contributed by atoms with Crippen molar-refractivity contribution in [1.29, 1.82) is 0 Å². The number of para-hydroxylation sites is 1. The lowest BCUT2D eigenvalue weighted by Gasteiger charge is -2.21. The second kappa shape index (κ2) is 7.48. The van der Waals surface area contributed by atoms with Gasteiger partial charge in [-0.1, -0.05) is 46.3 Å². The Morgan fingerprint density at radius 2 is 1.81 bits per heavy atom. The highest BCUT2D eigenvalue weighted by Crippen LogP contribution is 2.36. The monoisotopic (exact) mass is 349 g/mol. The second-order valence-corrected chi connectivity index (χ2v) is 5.57. The minimum atomic E-state index is 0.147. The van der Waals surface area contributed by atoms with Crippen LogP contribution in [0.3, 0.4) is 0 Å². The summed E-state index contributed by atoms with van der Waals surface area (Å²) in [4.78, 5) is 0. The molecular formula is C17H20BrNO2. The topological polar surface area (TPSA) is 30.5 Å². The van der Waals surface area contributed by atoms with Crippen molar-refractivity contribution in [3.8, 4) is 11.5 Å². The van der Waals surface area contributed by atoms with Crippen molar-refractivity contribution in [1.82, 2.24) is 5.32 Å². The maximum Gasteiger partial charge on any atom is 0.165 e. The highest BCUT2D eigenvalue weighted by molar-refractivity contribution is 9.10. The third-order valence-corrected chi connectivity index (χ3v) is 4.31. The molecule has 0 aliphatic rings. The Balaban J connectivity index is 2.36. The van der Waals surface area contributed by atoms with E-state index in [1.54, 1.807) is 14.2 Å². The molecule has 112 valence electrons. The molecule has 4 heteroatoms. The number of ether oxygens (including phenoxy) is 2. The summed E-state index contributed by atoms with van der Waals surface area (Å²) in [6.07, 6.45) is 0.863. The second-order valence-electron chi connectivity index (χ2n) is 4.72. The molecule has 21 heavy (non-hydrogen) atoms. The van der Waals surface area contributed by atoms with E-state index in [0.29, 0.717) is 0 Å². The van der Waals surface area contributed by atoms with Crippen LogP contribution in [0, 0.1) is 0 Å². The zero-order chi connectivity index (χ0) is 15.2. The molecule has 1 N–H and O–H groups in total. The van der Waals surface area contributed by atoms with Gasteiger partial charge in [-0.15, -0.1) is 0 Å². The van der Waals surface area contributed by atoms with Gasteiger partial charge in [-0.2, -0.15) is 0 Å². The molecule has 0 aliphatic carbocycles. The van der Waals surface area contributed by atoms with E-state index in [2.05, 4.69) is 45.5 Å². The first-order valence-electron chi connectivity index (χ1n) is 6.82. The summed E-state index contributed by atoms with van der Waals surface area (Å²) in [7, 11) is 5.29. The fourth-order valence-corrected chi connectivity index (χ4v) is 2.88. The molecule has 0 fully saturated rings. The number of nitrogens with one attached hydrogen (secondary N) is 1. The largest absolute Gasteiger partial charge is 0.493 e. The first kappa shape index (κ1) is 15.9. The molecule has 1 unspecified atom stereocenters. The standard InChI is InChI=1S/C17H20BrNO2/c1-19-15(11-12-7-4-5-9-14(12)18)13-8-6-10-16(20-2)17(13)21-3/h4-10,15,19H,11H2,1-3H3. The predicted octanol–water partition coefficient (Wildman–Crippen LogP) is 3.97. The Morgan fingerprint density at radius 1 is 1.05 bits per heavy atom. The van der Waals surface area contributed by atoms with Crippen LogP contribution in [0.2, 0.25) is 0 Å². The van der Waals surface area contributed by atoms with E-state index in [1.165, 1.54) is 5.56 Å². The zero-order valence-electron chi connectivity index (χ0n) is 12.5. The van der Waals surface area contributed by atoms with Gasteiger partial charge in [0, 0.05) is 16.1 Å². The van der Waals surface area contributed by atoms with Crippen molar-refractivity contribution in [3.05, 3.63) is 58.1 Å². The van der Waals surface area contributed by atoms with Gasteiger partial charge < -0.3 is 14.8 Å². The molecule has 0 heterocycles. The van der Waals surface area contributed by atoms with Gasteiger partial charge in [0.1, 0.15) is 0 Å². The number of benzene rings is 2. The first-order chi connectivity index (χ1) is 10.2. The van der Waals surface area contributed by atoms with Gasteiger partial charge in [-0.3, -0.25) is 0 Å². The lowest BCUT2D eigenvalue weighted by Crippen LogP contribution is -2.20. The Kier molecular flexibility index (Phi) is 5.65. The van der Waals surface area contributed by atoms with Gasteiger partial charge in [0.25, 0.3) is 0 Å². The van der Waals surface area contributed by atoms with E-state index in [1.807, 2.05) is 25.2 Å². The van der Waals surface area contributed by atoms with Crippen LogP contribution < -0.4 is 14.8 Å². The summed E-state index contributed by atoms with van der Waals surface area (Å²) in [6.45, 7) is 0. The fourth-order valence-electron chi connectivity index (χ4n) is 2.44. The maximum absolute atomic E-state index is 5.54. The molecule has 0 aliphatic heterocycles. The molecule has 2 rings (SSSR count). The lowest BCUT2D eigenvalue weighted by atomic mass is 9.98. The summed E-state index contributed by atoms with van der Waals surface area (Å²) in [5.74, 6) is 1.54. The molecule has 0 radical (unpaired) electrons. The van der Waals surface area contributed by atoms with E-state index in [4.69, 9.17) is 9.47 Å². The molecule has 0 saturated heterocycles. The smallest absolute Gasteiger partial charge is 0.165 e. The summed E-state index contributed by atoms with van der Waals surface area (Å²) in [6, 6.07) is 14.4. The zero-order valence-corrected chi connectivity index (χ0v) is 14.1. The molecule has 0 spiro atoms. The molecule has 2 aromatic rings. The summed E-state index contributed by atoms with van der Waals surface area (Å²) in [5.41, 5.74) is 2.34. The number of likely N-dealkylation sites (N-methyl/N-ethyl adjacent to an activating group) is 1. The number of hydrogen-bond donors (Lipinski definition) is 1. The highest BCUT2D eigenvalue weighted by Gasteiger charge is 2.18. The maximum atomic E-state index is 5.54. The Hall–Kier alpha value is -1.52. The Bertz CT molecular complexity index is 601. The molecule has 2 aromatic carbocycles. The molecule has 1 atom stereocenters. The van der Waals surface area contributed by atoms with E-state index >= 15 is 0 Å². The minimum absolute atomic E-state index is 0.147. The fraction of sp³-hybridized carbons (Fsp3) is 0.294.